The minimum absolute atomic E-state index is 0.0218. The van der Waals surface area contributed by atoms with Crippen molar-refractivity contribution in [2.45, 2.75) is 44.4 Å². The zero-order valence-electron chi connectivity index (χ0n) is 18.7. The predicted octanol–water partition coefficient (Wildman–Crippen LogP) is 3.48. The third-order valence-electron chi connectivity index (χ3n) is 7.49. The van der Waals surface area contributed by atoms with Gasteiger partial charge in [-0.15, -0.1) is 0 Å². The molecule has 0 radical (unpaired) electrons. The van der Waals surface area contributed by atoms with Crippen LogP contribution in [0.25, 0.3) is 11.3 Å². The molecule has 4 heterocycles. The Balaban J connectivity index is 1.14. The second-order valence-electron chi connectivity index (χ2n) is 9.53. The molecule has 34 heavy (non-hydrogen) atoms. The maximum atomic E-state index is 14.2. The molecule has 2 fully saturated rings. The van der Waals surface area contributed by atoms with E-state index in [1.54, 1.807) is 12.4 Å². The average Bonchev–Trinajstić information content (AvgIpc) is 3.55. The summed E-state index contributed by atoms with van der Waals surface area (Å²) in [5.41, 5.74) is 4.03. The van der Waals surface area contributed by atoms with Gasteiger partial charge in [-0.2, -0.15) is 5.10 Å². The second-order valence-corrected chi connectivity index (χ2v) is 9.53. The molecule has 3 unspecified atom stereocenters. The number of carbonyl (C=O) groups excluding carboxylic acids is 1. The van der Waals surface area contributed by atoms with Crippen molar-refractivity contribution in [2.24, 2.45) is 5.92 Å². The number of carbonyl (C=O) groups is 1. The summed E-state index contributed by atoms with van der Waals surface area (Å²) in [7, 11) is 0. The lowest BCUT2D eigenvalue weighted by atomic mass is 10.0. The molecule has 0 spiro atoms. The zero-order valence-corrected chi connectivity index (χ0v) is 18.7. The molecule has 7 nitrogen and oxygen atoms in total. The Kier molecular flexibility index (Phi) is 5.28. The van der Waals surface area contributed by atoms with Gasteiger partial charge < -0.3 is 10.2 Å². The molecule has 2 bridgehead atoms. The number of amides is 2. The van der Waals surface area contributed by atoms with E-state index in [0.717, 1.165) is 48.3 Å². The summed E-state index contributed by atoms with van der Waals surface area (Å²) in [6, 6.07) is 7.79. The van der Waals surface area contributed by atoms with Crippen LogP contribution in [0.3, 0.4) is 0 Å². The van der Waals surface area contributed by atoms with E-state index >= 15 is 0 Å². The number of hydrogen-bond donors (Lipinski definition) is 2. The quantitative estimate of drug-likeness (QED) is 0.620. The number of halogens is 2. The minimum atomic E-state index is -0.516. The molecule has 3 atom stereocenters. The zero-order chi connectivity index (χ0) is 23.2. The van der Waals surface area contributed by atoms with Crippen molar-refractivity contribution < 1.29 is 13.6 Å². The van der Waals surface area contributed by atoms with Crippen LogP contribution in [-0.4, -0.2) is 56.2 Å². The highest BCUT2D eigenvalue weighted by molar-refractivity contribution is 5.76. The number of urea groups is 1. The fourth-order valence-electron chi connectivity index (χ4n) is 5.83. The van der Waals surface area contributed by atoms with E-state index < -0.39 is 11.6 Å². The van der Waals surface area contributed by atoms with Crippen LogP contribution in [0.15, 0.2) is 42.7 Å². The lowest BCUT2D eigenvalue weighted by Crippen LogP contribution is -2.53. The maximum absolute atomic E-state index is 14.2. The second kappa shape index (κ2) is 8.47. The largest absolute Gasteiger partial charge is 0.334 e. The first kappa shape index (κ1) is 21.2. The first-order valence-corrected chi connectivity index (χ1v) is 11.8. The molecule has 6 rings (SSSR count). The number of rotatable bonds is 4. The summed E-state index contributed by atoms with van der Waals surface area (Å²) in [5.74, 6) is -0.597. The van der Waals surface area contributed by atoms with E-state index in [2.05, 4.69) is 25.4 Å². The van der Waals surface area contributed by atoms with Crippen LogP contribution in [0.4, 0.5) is 13.6 Å². The number of aromatic nitrogens is 3. The summed E-state index contributed by atoms with van der Waals surface area (Å²) in [6.45, 7) is 2.13. The van der Waals surface area contributed by atoms with Crippen molar-refractivity contribution in [3.05, 3.63) is 71.2 Å². The third kappa shape index (κ3) is 3.73. The molecule has 2 aromatic heterocycles. The fraction of sp³-hybridized carbons (Fsp3) is 0.400. The number of piperidine rings is 1. The third-order valence-corrected chi connectivity index (χ3v) is 7.49. The molecule has 2 aliphatic heterocycles. The van der Waals surface area contributed by atoms with E-state index in [1.807, 2.05) is 17.0 Å². The lowest BCUT2D eigenvalue weighted by Gasteiger charge is -2.36. The number of hydrogen-bond acceptors (Lipinski definition) is 4. The van der Waals surface area contributed by atoms with Gasteiger partial charge in [0.2, 0.25) is 0 Å². The Morgan fingerprint density at radius 1 is 1.15 bits per heavy atom. The summed E-state index contributed by atoms with van der Waals surface area (Å²) in [6.07, 6.45) is 6.03. The number of fused-ring (bicyclic) bond motifs is 3. The van der Waals surface area contributed by atoms with Crippen LogP contribution in [-0.2, 0) is 19.5 Å². The Morgan fingerprint density at radius 2 is 1.94 bits per heavy atom. The molecular formula is C25H26F2N6O. The molecule has 2 amide bonds. The highest BCUT2D eigenvalue weighted by Crippen LogP contribution is 2.39. The van der Waals surface area contributed by atoms with Crippen molar-refractivity contribution in [3.8, 4) is 11.3 Å². The van der Waals surface area contributed by atoms with Gasteiger partial charge >= 0.3 is 6.03 Å². The summed E-state index contributed by atoms with van der Waals surface area (Å²) in [5, 5.41) is 10.8. The summed E-state index contributed by atoms with van der Waals surface area (Å²) < 4.78 is 28.4. The van der Waals surface area contributed by atoms with Crippen molar-refractivity contribution in [2.75, 3.05) is 13.1 Å². The fourth-order valence-corrected chi connectivity index (χ4v) is 5.83. The Bertz CT molecular complexity index is 1200. The van der Waals surface area contributed by atoms with E-state index in [1.165, 1.54) is 18.2 Å². The number of H-pyrrole nitrogens is 1. The van der Waals surface area contributed by atoms with Gasteiger partial charge in [-0.25, -0.2) is 13.6 Å². The van der Waals surface area contributed by atoms with E-state index in [-0.39, 0.29) is 30.2 Å². The van der Waals surface area contributed by atoms with Crippen LogP contribution >= 0.6 is 0 Å². The van der Waals surface area contributed by atoms with Crippen molar-refractivity contribution in [1.82, 2.24) is 30.3 Å². The number of nitrogens with one attached hydrogen (secondary N) is 2. The molecule has 1 aromatic carbocycles. The molecule has 2 N–H and O–H groups in total. The maximum Gasteiger partial charge on any atom is 0.317 e. The monoisotopic (exact) mass is 464 g/mol. The predicted molar refractivity (Wildman–Crippen MR) is 122 cm³/mol. The van der Waals surface area contributed by atoms with E-state index in [0.29, 0.717) is 19.0 Å². The molecule has 3 aromatic rings. The van der Waals surface area contributed by atoms with Crippen LogP contribution in [0, 0.1) is 17.6 Å². The number of benzene rings is 1. The number of pyridine rings is 1. The summed E-state index contributed by atoms with van der Waals surface area (Å²) in [4.78, 5) is 21.2. The SMILES string of the molecule is O=C(NC1CC2CC1N(Cc1c(F)cccc1F)C2)N1CCc2[nH]nc(-c3ccncc3)c2C1. The van der Waals surface area contributed by atoms with Gasteiger partial charge in [0.25, 0.3) is 0 Å². The van der Waals surface area contributed by atoms with Gasteiger partial charge in [-0.3, -0.25) is 15.0 Å². The van der Waals surface area contributed by atoms with E-state index in [4.69, 9.17) is 0 Å². The van der Waals surface area contributed by atoms with Crippen molar-refractivity contribution in [1.29, 1.82) is 0 Å². The molecule has 1 aliphatic carbocycles. The van der Waals surface area contributed by atoms with E-state index in [9.17, 15) is 13.6 Å². The molecule has 9 heteroatoms. The van der Waals surface area contributed by atoms with Crippen LogP contribution in [0.2, 0.25) is 0 Å². The van der Waals surface area contributed by atoms with Gasteiger partial charge in [0.05, 0.1) is 12.2 Å². The molecule has 1 saturated carbocycles. The van der Waals surface area contributed by atoms with Crippen molar-refractivity contribution >= 4 is 6.03 Å². The van der Waals surface area contributed by atoms with Gasteiger partial charge in [0.1, 0.15) is 11.6 Å². The standard InChI is InChI=1S/C25H26F2N6O/c26-19-2-1-3-20(27)17(19)13-33-12-15-10-22(23(33)11-15)29-25(34)32-9-6-21-18(14-32)24(31-30-21)16-4-7-28-8-5-16/h1-5,7-8,15,22-23H,6,9-14H2,(H,29,34)(H,30,31). The average molecular weight is 465 g/mol. The number of aromatic amines is 1. The molecular weight excluding hydrogens is 438 g/mol. The first-order chi connectivity index (χ1) is 16.6. The highest BCUT2D eigenvalue weighted by Gasteiger charge is 2.46. The molecule has 176 valence electrons. The highest BCUT2D eigenvalue weighted by atomic mass is 19.1. The van der Waals surface area contributed by atoms with Gasteiger partial charge in [0.15, 0.2) is 0 Å². The number of likely N-dealkylation sites (tertiary alicyclic amines) is 1. The van der Waals surface area contributed by atoms with Gasteiger partial charge in [-0.1, -0.05) is 6.07 Å². The topological polar surface area (TPSA) is 77.2 Å². The number of nitrogens with zero attached hydrogens (tertiary/aromatic N) is 4. The molecule has 3 aliphatic rings. The molecule has 1 saturated heterocycles. The lowest BCUT2D eigenvalue weighted by molar-refractivity contribution is 0.149. The van der Waals surface area contributed by atoms with Gasteiger partial charge in [-0.05, 0) is 43.0 Å². The Morgan fingerprint density at radius 3 is 2.71 bits per heavy atom. The summed E-state index contributed by atoms with van der Waals surface area (Å²) >= 11 is 0. The van der Waals surface area contributed by atoms with Crippen LogP contribution in [0.5, 0.6) is 0 Å². The van der Waals surface area contributed by atoms with Crippen LogP contribution in [0.1, 0.15) is 29.7 Å². The smallest absolute Gasteiger partial charge is 0.317 e. The Labute approximate surface area is 196 Å². The first-order valence-electron chi connectivity index (χ1n) is 11.8. The normalized spacial score (nSPS) is 23.8. The van der Waals surface area contributed by atoms with Crippen LogP contribution < -0.4 is 5.32 Å². The minimum Gasteiger partial charge on any atom is -0.334 e. The Hall–Kier alpha value is -3.33. The van der Waals surface area contributed by atoms with Gasteiger partial charge in [0, 0.05) is 72.9 Å². The van der Waals surface area contributed by atoms with Crippen molar-refractivity contribution in [3.63, 3.8) is 0 Å².